The first-order chi connectivity index (χ1) is 7.13. The van der Waals surface area contributed by atoms with E-state index in [1.807, 2.05) is 24.3 Å². The molecule has 0 radical (unpaired) electrons. The van der Waals surface area contributed by atoms with Crippen LogP contribution in [0.1, 0.15) is 25.3 Å². The molecule has 0 atom stereocenters. The lowest BCUT2D eigenvalue weighted by Gasteiger charge is -2.07. The van der Waals surface area contributed by atoms with Gasteiger partial charge in [0.05, 0.1) is 5.88 Å². The topological polar surface area (TPSA) is 26.3 Å². The number of ether oxygens (including phenoxy) is 1. The van der Waals surface area contributed by atoms with E-state index in [4.69, 9.17) is 16.3 Å². The summed E-state index contributed by atoms with van der Waals surface area (Å²) in [5, 5.41) is 0. The number of benzene rings is 1. The van der Waals surface area contributed by atoms with E-state index in [0.717, 1.165) is 0 Å². The van der Waals surface area contributed by atoms with Crippen molar-refractivity contribution in [1.82, 2.24) is 0 Å². The van der Waals surface area contributed by atoms with Crippen molar-refractivity contribution in [3.05, 3.63) is 29.8 Å². The predicted octanol–water partition coefficient (Wildman–Crippen LogP) is 3.00. The number of halogens is 1. The van der Waals surface area contributed by atoms with Crippen molar-refractivity contribution in [2.75, 3.05) is 12.5 Å². The smallest absolute Gasteiger partial charge is 0.184 e. The summed E-state index contributed by atoms with van der Waals surface area (Å²) in [5.41, 5.74) is 1.26. The highest BCUT2D eigenvalue weighted by atomic mass is 35.5. The number of hydrogen-bond donors (Lipinski definition) is 0. The second-order valence-electron chi connectivity index (χ2n) is 3.68. The normalized spacial score (nSPS) is 10.4. The zero-order valence-electron chi connectivity index (χ0n) is 9.00. The van der Waals surface area contributed by atoms with E-state index in [9.17, 15) is 4.79 Å². The van der Waals surface area contributed by atoms with Crippen molar-refractivity contribution in [3.8, 4) is 5.75 Å². The van der Waals surface area contributed by atoms with Gasteiger partial charge in [-0.2, -0.15) is 0 Å². The Balaban J connectivity index is 2.53. The van der Waals surface area contributed by atoms with Crippen LogP contribution in [0.4, 0.5) is 0 Å². The Hall–Kier alpha value is -1.02. The van der Waals surface area contributed by atoms with E-state index in [1.165, 1.54) is 5.56 Å². The second kappa shape index (κ2) is 5.76. The lowest BCUT2D eigenvalue weighted by Crippen LogP contribution is -2.12. The molecule has 0 heterocycles. The lowest BCUT2D eigenvalue weighted by molar-refractivity contribution is -0.118. The Labute approximate surface area is 95.2 Å². The van der Waals surface area contributed by atoms with Crippen LogP contribution in [0.25, 0.3) is 0 Å². The average molecular weight is 227 g/mol. The first-order valence-electron chi connectivity index (χ1n) is 4.94. The van der Waals surface area contributed by atoms with Gasteiger partial charge in [0.1, 0.15) is 12.4 Å². The van der Waals surface area contributed by atoms with Crippen molar-refractivity contribution < 1.29 is 9.53 Å². The van der Waals surface area contributed by atoms with Gasteiger partial charge < -0.3 is 4.74 Å². The molecule has 1 aromatic rings. The van der Waals surface area contributed by atoms with E-state index in [0.29, 0.717) is 11.7 Å². The molecule has 0 amide bonds. The Morgan fingerprint density at radius 2 is 1.93 bits per heavy atom. The minimum atomic E-state index is -0.107. The zero-order valence-corrected chi connectivity index (χ0v) is 9.75. The molecule has 1 rings (SSSR count). The molecule has 0 aromatic heterocycles. The fraction of sp³-hybridized carbons (Fsp3) is 0.417. The molecule has 0 N–H and O–H groups in total. The molecule has 0 aliphatic rings. The third kappa shape index (κ3) is 3.92. The molecule has 3 heteroatoms. The van der Waals surface area contributed by atoms with Gasteiger partial charge >= 0.3 is 0 Å². The average Bonchev–Trinajstić information content (AvgIpc) is 2.26. The fourth-order valence-electron chi connectivity index (χ4n) is 1.15. The molecule has 0 spiro atoms. The van der Waals surface area contributed by atoms with Crippen LogP contribution in [-0.2, 0) is 4.79 Å². The SMILES string of the molecule is CC(C)c1ccc(OCC(=O)CCl)cc1. The van der Waals surface area contributed by atoms with Crippen LogP contribution in [0.2, 0.25) is 0 Å². The van der Waals surface area contributed by atoms with Crippen LogP contribution < -0.4 is 4.74 Å². The van der Waals surface area contributed by atoms with Gasteiger partial charge in [0.25, 0.3) is 0 Å². The number of ketones is 1. The summed E-state index contributed by atoms with van der Waals surface area (Å²) < 4.78 is 5.26. The zero-order chi connectivity index (χ0) is 11.3. The first kappa shape index (κ1) is 12.1. The van der Waals surface area contributed by atoms with Crippen LogP contribution >= 0.6 is 11.6 Å². The van der Waals surface area contributed by atoms with Gasteiger partial charge in [-0.1, -0.05) is 26.0 Å². The molecule has 1 aromatic carbocycles. The molecule has 0 saturated carbocycles. The quantitative estimate of drug-likeness (QED) is 0.722. The number of hydrogen-bond acceptors (Lipinski definition) is 2. The van der Waals surface area contributed by atoms with Crippen molar-refractivity contribution in [2.24, 2.45) is 0 Å². The molecular weight excluding hydrogens is 212 g/mol. The third-order valence-corrected chi connectivity index (χ3v) is 2.39. The Morgan fingerprint density at radius 1 is 1.33 bits per heavy atom. The van der Waals surface area contributed by atoms with E-state index in [2.05, 4.69) is 13.8 Å². The molecule has 0 bridgehead atoms. The first-order valence-corrected chi connectivity index (χ1v) is 5.47. The number of carbonyl (C=O) groups is 1. The van der Waals surface area contributed by atoms with Crippen LogP contribution in [0.5, 0.6) is 5.75 Å². The van der Waals surface area contributed by atoms with Gasteiger partial charge in [0.15, 0.2) is 5.78 Å². The summed E-state index contributed by atoms with van der Waals surface area (Å²) in [6, 6.07) is 7.75. The summed E-state index contributed by atoms with van der Waals surface area (Å²) in [4.78, 5) is 10.9. The lowest BCUT2D eigenvalue weighted by atomic mass is 10.0. The Morgan fingerprint density at radius 3 is 2.40 bits per heavy atom. The van der Waals surface area contributed by atoms with Crippen molar-refractivity contribution in [3.63, 3.8) is 0 Å². The van der Waals surface area contributed by atoms with Gasteiger partial charge in [0, 0.05) is 0 Å². The van der Waals surface area contributed by atoms with Crippen LogP contribution in [0, 0.1) is 0 Å². The molecule has 82 valence electrons. The van der Waals surface area contributed by atoms with Gasteiger partial charge in [-0.25, -0.2) is 0 Å². The maximum absolute atomic E-state index is 10.9. The summed E-state index contributed by atoms with van der Waals surface area (Å²) >= 11 is 5.36. The summed E-state index contributed by atoms with van der Waals surface area (Å²) in [6.07, 6.45) is 0. The number of alkyl halides is 1. The highest BCUT2D eigenvalue weighted by Gasteiger charge is 2.02. The second-order valence-corrected chi connectivity index (χ2v) is 3.95. The number of Topliss-reactive ketones (excluding diaryl/α,β-unsaturated/α-hetero) is 1. The molecular formula is C12H15ClO2. The molecule has 15 heavy (non-hydrogen) atoms. The van der Waals surface area contributed by atoms with E-state index in [-0.39, 0.29) is 18.3 Å². The molecule has 0 saturated heterocycles. The molecule has 0 aliphatic heterocycles. The van der Waals surface area contributed by atoms with Gasteiger partial charge in [-0.05, 0) is 23.6 Å². The Kier molecular flexibility index (Phi) is 4.63. The minimum Gasteiger partial charge on any atom is -0.486 e. The summed E-state index contributed by atoms with van der Waals surface area (Å²) in [5.74, 6) is 1.11. The van der Waals surface area contributed by atoms with Crippen molar-refractivity contribution in [2.45, 2.75) is 19.8 Å². The Bertz CT molecular complexity index is 317. The number of carbonyl (C=O) groups excluding carboxylic acids is 1. The maximum atomic E-state index is 10.9. The van der Waals surface area contributed by atoms with E-state index < -0.39 is 0 Å². The third-order valence-electron chi connectivity index (χ3n) is 2.10. The highest BCUT2D eigenvalue weighted by molar-refractivity contribution is 6.27. The molecule has 0 fully saturated rings. The van der Waals surface area contributed by atoms with Crippen molar-refractivity contribution >= 4 is 17.4 Å². The van der Waals surface area contributed by atoms with Gasteiger partial charge in [-0.3, -0.25) is 4.79 Å². The monoisotopic (exact) mass is 226 g/mol. The maximum Gasteiger partial charge on any atom is 0.184 e. The van der Waals surface area contributed by atoms with E-state index in [1.54, 1.807) is 0 Å². The van der Waals surface area contributed by atoms with Crippen molar-refractivity contribution in [1.29, 1.82) is 0 Å². The number of rotatable bonds is 5. The van der Waals surface area contributed by atoms with Gasteiger partial charge in [0.2, 0.25) is 0 Å². The molecule has 0 unspecified atom stereocenters. The largest absolute Gasteiger partial charge is 0.486 e. The predicted molar refractivity (Wildman–Crippen MR) is 61.8 cm³/mol. The highest BCUT2D eigenvalue weighted by Crippen LogP contribution is 2.18. The molecule has 2 nitrogen and oxygen atoms in total. The van der Waals surface area contributed by atoms with Crippen LogP contribution in [-0.4, -0.2) is 18.3 Å². The minimum absolute atomic E-state index is 0.00405. The summed E-state index contributed by atoms with van der Waals surface area (Å²) in [7, 11) is 0. The van der Waals surface area contributed by atoms with Crippen LogP contribution in [0.3, 0.4) is 0 Å². The van der Waals surface area contributed by atoms with Gasteiger partial charge in [-0.15, -0.1) is 11.6 Å². The standard InChI is InChI=1S/C12H15ClO2/c1-9(2)10-3-5-12(6-4-10)15-8-11(14)7-13/h3-6,9H,7-8H2,1-2H3. The fourth-order valence-corrected chi connectivity index (χ4v) is 1.23. The van der Waals surface area contributed by atoms with E-state index >= 15 is 0 Å². The molecule has 0 aliphatic carbocycles. The van der Waals surface area contributed by atoms with Crippen LogP contribution in [0.15, 0.2) is 24.3 Å². The summed E-state index contributed by atoms with van der Waals surface area (Å²) in [6.45, 7) is 4.31.